The van der Waals surface area contributed by atoms with Crippen molar-refractivity contribution in [3.05, 3.63) is 35.9 Å². The minimum absolute atomic E-state index is 0.209. The Labute approximate surface area is 128 Å². The summed E-state index contributed by atoms with van der Waals surface area (Å²) in [6.45, 7) is 5.16. The van der Waals surface area contributed by atoms with Gasteiger partial charge in [-0.3, -0.25) is 0 Å². The molecule has 0 amide bonds. The molecule has 1 fully saturated rings. The molecule has 0 saturated carbocycles. The third-order valence-electron chi connectivity index (χ3n) is 3.99. The Morgan fingerprint density at radius 2 is 2.27 bits per heavy atom. The van der Waals surface area contributed by atoms with E-state index < -0.39 is 5.60 Å². The first-order valence-corrected chi connectivity index (χ1v) is 7.27. The molecule has 7 heteroatoms. The summed E-state index contributed by atoms with van der Waals surface area (Å²) in [5.41, 5.74) is 0.846. The van der Waals surface area contributed by atoms with Gasteiger partial charge in [-0.2, -0.15) is 5.26 Å². The molecule has 22 heavy (non-hydrogen) atoms. The van der Waals surface area contributed by atoms with Crippen molar-refractivity contribution in [3.63, 3.8) is 0 Å². The van der Waals surface area contributed by atoms with Crippen molar-refractivity contribution in [1.29, 1.82) is 5.26 Å². The summed E-state index contributed by atoms with van der Waals surface area (Å²) in [5, 5.41) is 28.0. The van der Waals surface area contributed by atoms with Gasteiger partial charge in [-0.25, -0.2) is 9.67 Å². The van der Waals surface area contributed by atoms with Crippen LogP contribution in [0.1, 0.15) is 37.7 Å². The van der Waals surface area contributed by atoms with Crippen LogP contribution in [0, 0.1) is 11.3 Å². The summed E-state index contributed by atoms with van der Waals surface area (Å²) < 4.78 is 1.75. The minimum Gasteiger partial charge on any atom is -0.381 e. The third kappa shape index (κ3) is 2.53. The van der Waals surface area contributed by atoms with E-state index in [1.165, 1.54) is 0 Å². The van der Waals surface area contributed by atoms with Crippen LogP contribution in [0.15, 0.2) is 24.5 Å². The van der Waals surface area contributed by atoms with E-state index >= 15 is 0 Å². The molecule has 0 aromatic carbocycles. The molecule has 2 aromatic rings. The number of anilines is 1. The summed E-state index contributed by atoms with van der Waals surface area (Å²) in [5.74, 6) is 0. The van der Waals surface area contributed by atoms with Crippen molar-refractivity contribution in [2.75, 3.05) is 18.0 Å². The fourth-order valence-electron chi connectivity index (χ4n) is 2.64. The Hall–Kier alpha value is -2.46. The molecule has 1 aliphatic heterocycles. The fraction of sp³-hybridized carbons (Fsp3) is 0.467. The van der Waals surface area contributed by atoms with Crippen LogP contribution in [0.25, 0.3) is 0 Å². The summed E-state index contributed by atoms with van der Waals surface area (Å²) in [6.07, 6.45) is 4.00. The first-order valence-electron chi connectivity index (χ1n) is 7.27. The van der Waals surface area contributed by atoms with Crippen molar-refractivity contribution < 1.29 is 5.11 Å². The van der Waals surface area contributed by atoms with Crippen LogP contribution in [0.2, 0.25) is 0 Å². The van der Waals surface area contributed by atoms with Crippen LogP contribution >= 0.6 is 0 Å². The van der Waals surface area contributed by atoms with Gasteiger partial charge in [-0.15, -0.1) is 5.10 Å². The SMILES string of the molecule is CC(C)n1cc(C2(O)CCN(c3ccnc(C#N)c3)C2)nn1. The Morgan fingerprint density at radius 1 is 1.45 bits per heavy atom. The number of hydrogen-bond donors (Lipinski definition) is 1. The standard InChI is InChI=1S/C15H18N6O/c1-11(2)21-9-14(18-19-21)15(22)4-6-20(10-15)13-3-5-17-12(7-13)8-16/h3,5,7,9,11,22H,4,6,10H2,1-2H3. The molecule has 0 spiro atoms. The van der Waals surface area contributed by atoms with Crippen LogP contribution in [0.5, 0.6) is 0 Å². The lowest BCUT2D eigenvalue weighted by Gasteiger charge is -2.22. The zero-order valence-corrected chi connectivity index (χ0v) is 12.6. The molecule has 1 aliphatic rings. The van der Waals surface area contributed by atoms with E-state index in [1.807, 2.05) is 30.9 Å². The van der Waals surface area contributed by atoms with Gasteiger partial charge in [0.1, 0.15) is 23.1 Å². The molecule has 0 aliphatic carbocycles. The minimum atomic E-state index is -1.01. The lowest BCUT2D eigenvalue weighted by molar-refractivity contribution is 0.0559. The van der Waals surface area contributed by atoms with E-state index in [0.29, 0.717) is 30.9 Å². The van der Waals surface area contributed by atoms with Crippen molar-refractivity contribution >= 4 is 5.69 Å². The van der Waals surface area contributed by atoms with Crippen molar-refractivity contribution in [2.24, 2.45) is 0 Å². The Morgan fingerprint density at radius 3 is 2.95 bits per heavy atom. The number of nitriles is 1. The highest BCUT2D eigenvalue weighted by atomic mass is 16.3. The number of hydrogen-bond acceptors (Lipinski definition) is 6. The smallest absolute Gasteiger partial charge is 0.142 e. The monoisotopic (exact) mass is 298 g/mol. The fourth-order valence-corrected chi connectivity index (χ4v) is 2.64. The number of nitrogens with zero attached hydrogens (tertiary/aromatic N) is 6. The van der Waals surface area contributed by atoms with Crippen LogP contribution in [0.3, 0.4) is 0 Å². The summed E-state index contributed by atoms with van der Waals surface area (Å²) in [7, 11) is 0. The number of aliphatic hydroxyl groups is 1. The van der Waals surface area contributed by atoms with Gasteiger partial charge in [-0.05, 0) is 26.0 Å². The summed E-state index contributed by atoms with van der Waals surface area (Å²) in [6, 6.07) is 5.82. The maximum absolute atomic E-state index is 10.9. The Balaban J connectivity index is 1.82. The lowest BCUT2D eigenvalue weighted by atomic mass is 10.00. The van der Waals surface area contributed by atoms with E-state index in [0.717, 1.165) is 5.69 Å². The topological polar surface area (TPSA) is 90.9 Å². The average molecular weight is 298 g/mol. The van der Waals surface area contributed by atoms with Gasteiger partial charge in [-0.1, -0.05) is 5.21 Å². The van der Waals surface area contributed by atoms with Gasteiger partial charge in [0.2, 0.25) is 0 Å². The number of β-amino-alcohol motifs (C(OH)–C–C–N with tert-alkyl or cyclic N) is 1. The normalized spacial score (nSPS) is 21.3. The Bertz CT molecular complexity index is 719. The summed E-state index contributed by atoms with van der Waals surface area (Å²) >= 11 is 0. The second-order valence-electron chi connectivity index (χ2n) is 5.89. The van der Waals surface area contributed by atoms with Crippen LogP contribution in [-0.4, -0.2) is 38.2 Å². The van der Waals surface area contributed by atoms with Crippen molar-refractivity contribution in [1.82, 2.24) is 20.0 Å². The number of pyridine rings is 1. The van der Waals surface area contributed by atoms with Crippen LogP contribution < -0.4 is 4.90 Å². The molecular formula is C15H18N6O. The van der Waals surface area contributed by atoms with E-state index in [-0.39, 0.29) is 6.04 Å². The van der Waals surface area contributed by atoms with Crippen LogP contribution in [0.4, 0.5) is 5.69 Å². The molecule has 0 radical (unpaired) electrons. The molecule has 1 N–H and O–H groups in total. The zero-order valence-electron chi connectivity index (χ0n) is 12.6. The quantitative estimate of drug-likeness (QED) is 0.916. The lowest BCUT2D eigenvalue weighted by Crippen LogP contribution is -2.31. The summed E-state index contributed by atoms with van der Waals surface area (Å²) in [4.78, 5) is 6.01. The highest BCUT2D eigenvalue weighted by molar-refractivity contribution is 5.50. The second-order valence-corrected chi connectivity index (χ2v) is 5.89. The predicted molar refractivity (Wildman–Crippen MR) is 80.1 cm³/mol. The first kappa shape index (κ1) is 14.5. The van der Waals surface area contributed by atoms with Gasteiger partial charge in [0, 0.05) is 30.9 Å². The predicted octanol–water partition coefficient (Wildman–Crippen LogP) is 1.22. The van der Waals surface area contributed by atoms with Gasteiger partial charge < -0.3 is 10.0 Å². The number of rotatable bonds is 3. The van der Waals surface area contributed by atoms with Gasteiger partial charge in [0.25, 0.3) is 0 Å². The molecule has 1 unspecified atom stereocenters. The average Bonchev–Trinajstić information content (AvgIpc) is 3.15. The molecule has 1 atom stereocenters. The molecule has 3 heterocycles. The molecule has 1 saturated heterocycles. The van der Waals surface area contributed by atoms with Crippen LogP contribution in [-0.2, 0) is 5.60 Å². The molecule has 0 bridgehead atoms. The van der Waals surface area contributed by atoms with Gasteiger partial charge in [0.15, 0.2) is 0 Å². The number of aromatic nitrogens is 4. The van der Waals surface area contributed by atoms with E-state index in [4.69, 9.17) is 5.26 Å². The maximum Gasteiger partial charge on any atom is 0.142 e. The van der Waals surface area contributed by atoms with E-state index in [2.05, 4.69) is 15.3 Å². The molecule has 2 aromatic heterocycles. The maximum atomic E-state index is 10.9. The molecule has 7 nitrogen and oxygen atoms in total. The first-order chi connectivity index (χ1) is 10.5. The zero-order chi connectivity index (χ0) is 15.7. The highest BCUT2D eigenvalue weighted by Gasteiger charge is 2.40. The Kier molecular flexibility index (Phi) is 3.54. The molecule has 3 rings (SSSR count). The third-order valence-corrected chi connectivity index (χ3v) is 3.99. The molecule has 114 valence electrons. The second kappa shape index (κ2) is 5.39. The van der Waals surface area contributed by atoms with Gasteiger partial charge >= 0.3 is 0 Å². The van der Waals surface area contributed by atoms with E-state index in [9.17, 15) is 5.11 Å². The largest absolute Gasteiger partial charge is 0.381 e. The van der Waals surface area contributed by atoms with Crippen molar-refractivity contribution in [3.8, 4) is 6.07 Å². The van der Waals surface area contributed by atoms with E-state index in [1.54, 1.807) is 23.1 Å². The highest BCUT2D eigenvalue weighted by Crippen LogP contribution is 2.33. The van der Waals surface area contributed by atoms with Gasteiger partial charge in [0.05, 0.1) is 12.7 Å². The molecular weight excluding hydrogens is 280 g/mol. The van der Waals surface area contributed by atoms with Crippen molar-refractivity contribution in [2.45, 2.75) is 31.9 Å².